The summed E-state index contributed by atoms with van der Waals surface area (Å²) >= 11 is 1.56. The van der Waals surface area contributed by atoms with Crippen LogP contribution in [0.5, 0.6) is 0 Å². The van der Waals surface area contributed by atoms with Crippen LogP contribution in [0.4, 0.5) is 0 Å². The Bertz CT molecular complexity index is 190. The van der Waals surface area contributed by atoms with Crippen molar-refractivity contribution in [3.8, 4) is 0 Å². The van der Waals surface area contributed by atoms with Crippen LogP contribution in [0, 0.1) is 0 Å². The van der Waals surface area contributed by atoms with E-state index in [0.717, 1.165) is 32.4 Å². The minimum Gasteiger partial charge on any atom is -0.277 e. The Morgan fingerprint density at radius 2 is 1.60 bits per heavy atom. The van der Waals surface area contributed by atoms with Crippen molar-refractivity contribution in [1.29, 1.82) is 0 Å². The second kappa shape index (κ2) is 8.63. The van der Waals surface area contributed by atoms with Crippen LogP contribution >= 0.6 is 18.0 Å². The smallest absolute Gasteiger partial charge is 0.266 e. The Balaban J connectivity index is 4.19. The van der Waals surface area contributed by atoms with Crippen LogP contribution in [0.2, 0.25) is 0 Å². The monoisotopic (exact) mass is 252 g/mol. The van der Waals surface area contributed by atoms with E-state index < -0.39 is 6.65 Å². The summed E-state index contributed by atoms with van der Waals surface area (Å²) in [6, 6.07) is 0. The van der Waals surface area contributed by atoms with Gasteiger partial charge >= 0.3 is 0 Å². The van der Waals surface area contributed by atoms with Gasteiger partial charge in [0.2, 0.25) is 0 Å². The molecule has 5 heteroatoms. The first-order chi connectivity index (χ1) is 7.08. The highest BCUT2D eigenvalue weighted by atomic mass is 32.7. The van der Waals surface area contributed by atoms with Crippen LogP contribution in [0.3, 0.4) is 0 Å². The third-order valence-corrected chi connectivity index (χ3v) is 7.06. The van der Waals surface area contributed by atoms with Crippen LogP contribution in [0.1, 0.15) is 47.0 Å². The zero-order chi connectivity index (χ0) is 11.7. The number of hydrogen-bond acceptors (Lipinski definition) is 2. The van der Waals surface area contributed by atoms with Gasteiger partial charge in [-0.05, 0) is 19.3 Å². The number of rotatable bonds is 9. The van der Waals surface area contributed by atoms with Crippen LogP contribution in [0.25, 0.3) is 0 Å². The van der Waals surface area contributed by atoms with Gasteiger partial charge < -0.3 is 0 Å². The summed E-state index contributed by atoms with van der Waals surface area (Å²) in [5.74, 6) is 0. The number of hydrogen-bond donors (Lipinski definition) is 2. The molecule has 0 amide bonds. The van der Waals surface area contributed by atoms with Gasteiger partial charge in [-0.3, -0.25) is 4.57 Å². The van der Waals surface area contributed by atoms with Crippen molar-refractivity contribution in [3.63, 3.8) is 0 Å². The van der Waals surface area contributed by atoms with E-state index >= 15 is 0 Å². The van der Waals surface area contributed by atoms with E-state index in [1.807, 2.05) is 0 Å². The van der Waals surface area contributed by atoms with E-state index in [-0.39, 0.29) is 0 Å². The summed E-state index contributed by atoms with van der Waals surface area (Å²) in [5, 5.41) is 6.74. The lowest BCUT2D eigenvalue weighted by Crippen LogP contribution is -2.23. The standard InChI is InChI=1S/C10H25N2OPS/c1-5-8-11-14(13,12-9-6-2)15-10(4)7-3/h10H,5-9H2,1-4H3,(H2,11,12,13). The lowest BCUT2D eigenvalue weighted by molar-refractivity contribution is 0.564. The average Bonchev–Trinajstić information content (AvgIpc) is 2.23. The lowest BCUT2D eigenvalue weighted by Gasteiger charge is -2.22. The van der Waals surface area contributed by atoms with Crippen LogP contribution in [-0.2, 0) is 4.57 Å². The summed E-state index contributed by atoms with van der Waals surface area (Å²) < 4.78 is 12.4. The van der Waals surface area contributed by atoms with E-state index in [1.165, 1.54) is 0 Å². The summed E-state index contributed by atoms with van der Waals surface area (Å²) in [6.07, 6.45) is 3.08. The molecule has 0 saturated heterocycles. The first-order valence-electron chi connectivity index (χ1n) is 5.86. The third-order valence-electron chi connectivity index (χ3n) is 2.04. The Hall–Kier alpha value is 0.500. The molecule has 0 saturated carbocycles. The van der Waals surface area contributed by atoms with E-state index in [2.05, 4.69) is 37.9 Å². The predicted octanol–water partition coefficient (Wildman–Crippen LogP) is 3.63. The SMILES string of the molecule is CCCNP(=O)(NCCC)SC(C)CC. The molecule has 0 aliphatic heterocycles. The Morgan fingerprint density at radius 3 is 1.93 bits per heavy atom. The van der Waals surface area contributed by atoms with Gasteiger partial charge in [-0.2, -0.15) is 0 Å². The van der Waals surface area contributed by atoms with Crippen molar-refractivity contribution in [3.05, 3.63) is 0 Å². The normalized spacial score (nSPS) is 14.1. The van der Waals surface area contributed by atoms with Crippen molar-refractivity contribution < 1.29 is 4.57 Å². The third kappa shape index (κ3) is 7.40. The van der Waals surface area contributed by atoms with Crippen molar-refractivity contribution in [2.75, 3.05) is 13.1 Å². The molecule has 1 unspecified atom stereocenters. The predicted molar refractivity (Wildman–Crippen MR) is 71.5 cm³/mol. The molecule has 0 heterocycles. The average molecular weight is 252 g/mol. The van der Waals surface area contributed by atoms with Crippen LogP contribution in [-0.4, -0.2) is 18.3 Å². The molecule has 1 atom stereocenters. The zero-order valence-corrected chi connectivity index (χ0v) is 12.1. The molecule has 0 aliphatic carbocycles. The molecule has 0 aliphatic rings. The highest BCUT2D eigenvalue weighted by Crippen LogP contribution is 2.53. The molecule has 0 radical (unpaired) electrons. The topological polar surface area (TPSA) is 41.1 Å². The Kier molecular flexibility index (Phi) is 8.92. The molecular formula is C10H25N2OPS. The van der Waals surface area contributed by atoms with Gasteiger partial charge in [-0.15, -0.1) is 0 Å². The van der Waals surface area contributed by atoms with Crippen molar-refractivity contribution in [1.82, 2.24) is 10.2 Å². The highest BCUT2D eigenvalue weighted by molar-refractivity contribution is 8.57. The molecule has 0 aromatic rings. The molecule has 0 aromatic carbocycles. The maximum Gasteiger partial charge on any atom is 0.266 e. The van der Waals surface area contributed by atoms with E-state index in [9.17, 15) is 4.57 Å². The van der Waals surface area contributed by atoms with E-state index in [0.29, 0.717) is 5.25 Å². The van der Waals surface area contributed by atoms with Gasteiger partial charge in [0.1, 0.15) is 0 Å². The van der Waals surface area contributed by atoms with Gasteiger partial charge in [0, 0.05) is 18.3 Å². The maximum absolute atomic E-state index is 12.4. The molecule has 0 bridgehead atoms. The van der Waals surface area contributed by atoms with Gasteiger partial charge in [0.15, 0.2) is 0 Å². The highest BCUT2D eigenvalue weighted by Gasteiger charge is 2.23. The fourth-order valence-corrected chi connectivity index (χ4v) is 5.89. The van der Waals surface area contributed by atoms with Gasteiger partial charge in [-0.25, -0.2) is 10.2 Å². The Morgan fingerprint density at radius 1 is 1.13 bits per heavy atom. The first-order valence-corrected chi connectivity index (χ1v) is 9.05. The molecular weight excluding hydrogens is 227 g/mol. The molecule has 0 fully saturated rings. The number of nitrogens with one attached hydrogen (secondary N) is 2. The van der Waals surface area contributed by atoms with E-state index in [1.54, 1.807) is 11.4 Å². The van der Waals surface area contributed by atoms with Crippen LogP contribution < -0.4 is 10.2 Å². The minimum absolute atomic E-state index is 0.435. The molecule has 92 valence electrons. The van der Waals surface area contributed by atoms with Crippen molar-refractivity contribution >= 4 is 18.0 Å². The largest absolute Gasteiger partial charge is 0.277 e. The molecule has 3 nitrogen and oxygen atoms in total. The molecule has 15 heavy (non-hydrogen) atoms. The molecule has 0 spiro atoms. The van der Waals surface area contributed by atoms with Gasteiger partial charge in [-0.1, -0.05) is 39.1 Å². The van der Waals surface area contributed by atoms with Crippen molar-refractivity contribution in [2.45, 2.75) is 52.2 Å². The second-order valence-corrected chi connectivity index (χ2v) is 8.62. The second-order valence-electron chi connectivity index (χ2n) is 3.69. The summed E-state index contributed by atoms with van der Waals surface area (Å²) in [6.45, 7) is 7.65. The first kappa shape index (κ1) is 15.5. The lowest BCUT2D eigenvalue weighted by atomic mass is 10.4. The molecule has 2 N–H and O–H groups in total. The minimum atomic E-state index is -2.41. The van der Waals surface area contributed by atoms with E-state index in [4.69, 9.17) is 0 Å². The summed E-state index contributed by atoms with van der Waals surface area (Å²) in [7, 11) is 0. The Labute approximate surface area is 98.4 Å². The van der Waals surface area contributed by atoms with Gasteiger partial charge in [0.25, 0.3) is 6.65 Å². The maximum atomic E-state index is 12.4. The fraction of sp³-hybridized carbons (Fsp3) is 1.00. The van der Waals surface area contributed by atoms with Gasteiger partial charge in [0.05, 0.1) is 0 Å². The van der Waals surface area contributed by atoms with Crippen molar-refractivity contribution in [2.24, 2.45) is 0 Å². The zero-order valence-electron chi connectivity index (χ0n) is 10.4. The quantitative estimate of drug-likeness (QED) is 0.615. The van der Waals surface area contributed by atoms with Crippen LogP contribution in [0.15, 0.2) is 0 Å². The molecule has 0 rings (SSSR count). The fourth-order valence-electron chi connectivity index (χ4n) is 0.976. The summed E-state index contributed by atoms with van der Waals surface area (Å²) in [4.78, 5) is 0. The molecule has 0 aromatic heterocycles. The summed E-state index contributed by atoms with van der Waals surface area (Å²) in [5.41, 5.74) is 0.